The van der Waals surface area contributed by atoms with Gasteiger partial charge in [0.1, 0.15) is 12.3 Å². The van der Waals surface area contributed by atoms with E-state index in [1.165, 1.54) is 0 Å². The monoisotopic (exact) mass is 424 g/mol. The number of hydrogen-bond donors (Lipinski definition) is 3. The highest BCUT2D eigenvalue weighted by Gasteiger charge is 2.34. The molecule has 1 aromatic heterocycles. The lowest BCUT2D eigenvalue weighted by atomic mass is 9.98. The molecule has 1 amide bonds. The predicted octanol–water partition coefficient (Wildman–Crippen LogP) is 2.67. The fraction of sp³-hybridized carbons (Fsp3) is 0.364. The fourth-order valence-corrected chi connectivity index (χ4v) is 3.51. The number of anilines is 1. The number of carbonyl (C=O) groups excluding carboxylic acids is 1. The third-order valence-corrected chi connectivity index (χ3v) is 4.90. The van der Waals surface area contributed by atoms with Gasteiger partial charge in [0.15, 0.2) is 5.84 Å². The number of nitrogens with zero attached hydrogens (tertiary/aromatic N) is 3. The van der Waals surface area contributed by atoms with Crippen molar-refractivity contribution in [1.29, 1.82) is 0 Å². The summed E-state index contributed by atoms with van der Waals surface area (Å²) in [5.74, 6) is 7.62. The first kappa shape index (κ1) is 20.8. The number of fused-ring (bicyclic) bond motifs is 1. The standard InChI is InChI=1S/C22H28N6O3/c1-22(2,3)31-21(29)24-12-16-8-6-15(7-9-16)11-18-17-13-27(23)14-28(20(17)26-25-18)19-5-4-10-30-19/h4-10,13,18,25H,11-12,14,23H2,1-3H3,(H,24,29). The Bertz CT molecular complexity index is 976. The molecule has 164 valence electrons. The van der Waals surface area contributed by atoms with Crippen LogP contribution in [-0.4, -0.2) is 35.2 Å². The Kier molecular flexibility index (Phi) is 5.60. The molecule has 0 radical (unpaired) electrons. The Morgan fingerprint density at radius 1 is 1.29 bits per heavy atom. The molecule has 31 heavy (non-hydrogen) atoms. The van der Waals surface area contributed by atoms with E-state index in [4.69, 9.17) is 15.0 Å². The van der Waals surface area contributed by atoms with Gasteiger partial charge in [0.2, 0.25) is 5.88 Å². The molecule has 0 spiro atoms. The smallest absolute Gasteiger partial charge is 0.407 e. The van der Waals surface area contributed by atoms with Crippen molar-refractivity contribution in [3.05, 3.63) is 65.6 Å². The molecule has 9 heteroatoms. The van der Waals surface area contributed by atoms with Crippen LogP contribution in [0.5, 0.6) is 0 Å². The molecule has 2 aliphatic rings. The molecule has 3 heterocycles. The van der Waals surface area contributed by atoms with Crippen LogP contribution in [-0.2, 0) is 17.7 Å². The first-order chi connectivity index (χ1) is 14.8. The highest BCUT2D eigenvalue weighted by molar-refractivity contribution is 6.11. The number of hydrazone groups is 1. The number of rotatable bonds is 5. The lowest BCUT2D eigenvalue weighted by Gasteiger charge is -2.32. The van der Waals surface area contributed by atoms with Crippen molar-refractivity contribution in [1.82, 2.24) is 15.8 Å². The first-order valence-corrected chi connectivity index (χ1v) is 10.2. The fourth-order valence-electron chi connectivity index (χ4n) is 3.51. The Hall–Kier alpha value is -3.46. The number of nitrogens with one attached hydrogen (secondary N) is 2. The van der Waals surface area contributed by atoms with Crippen LogP contribution in [0.15, 0.2) is 64.0 Å². The molecular formula is C22H28N6O3. The molecule has 0 fully saturated rings. The number of benzene rings is 1. The van der Waals surface area contributed by atoms with Gasteiger partial charge in [0, 0.05) is 24.4 Å². The summed E-state index contributed by atoms with van der Waals surface area (Å²) in [6.07, 6.45) is 3.88. The Morgan fingerprint density at radius 2 is 2.03 bits per heavy atom. The molecule has 9 nitrogen and oxygen atoms in total. The Morgan fingerprint density at radius 3 is 2.71 bits per heavy atom. The van der Waals surface area contributed by atoms with Gasteiger partial charge in [-0.3, -0.25) is 15.3 Å². The van der Waals surface area contributed by atoms with Crippen LogP contribution >= 0.6 is 0 Å². The summed E-state index contributed by atoms with van der Waals surface area (Å²) in [4.78, 5) is 13.8. The second-order valence-electron chi connectivity index (χ2n) is 8.61. The van der Waals surface area contributed by atoms with Crippen LogP contribution in [0.1, 0.15) is 31.9 Å². The normalized spacial score (nSPS) is 18.1. The van der Waals surface area contributed by atoms with E-state index in [9.17, 15) is 4.79 Å². The van der Waals surface area contributed by atoms with Crippen LogP contribution in [0.4, 0.5) is 10.7 Å². The van der Waals surface area contributed by atoms with E-state index in [0.29, 0.717) is 19.1 Å². The minimum atomic E-state index is -0.511. The van der Waals surface area contributed by atoms with Gasteiger partial charge in [-0.25, -0.2) is 10.6 Å². The number of ether oxygens (including phenoxy) is 1. The van der Waals surface area contributed by atoms with E-state index in [2.05, 4.69) is 28.0 Å². The first-order valence-electron chi connectivity index (χ1n) is 10.2. The number of furan rings is 1. The number of amides is 1. The van der Waals surface area contributed by atoms with Crippen molar-refractivity contribution >= 4 is 17.8 Å². The van der Waals surface area contributed by atoms with Gasteiger partial charge < -0.3 is 14.5 Å². The molecule has 0 saturated heterocycles. The predicted molar refractivity (Wildman–Crippen MR) is 118 cm³/mol. The van der Waals surface area contributed by atoms with E-state index >= 15 is 0 Å². The van der Waals surface area contributed by atoms with Gasteiger partial charge in [-0.05, 0) is 44.4 Å². The van der Waals surface area contributed by atoms with Crippen LogP contribution in [0.3, 0.4) is 0 Å². The quantitative estimate of drug-likeness (QED) is 0.633. The zero-order valence-corrected chi connectivity index (χ0v) is 18.0. The van der Waals surface area contributed by atoms with E-state index in [1.807, 2.05) is 56.1 Å². The van der Waals surface area contributed by atoms with Crippen LogP contribution in [0, 0.1) is 0 Å². The Balaban J connectivity index is 1.36. The van der Waals surface area contributed by atoms with E-state index in [-0.39, 0.29) is 6.04 Å². The van der Waals surface area contributed by atoms with Gasteiger partial charge >= 0.3 is 6.09 Å². The van der Waals surface area contributed by atoms with E-state index < -0.39 is 11.7 Å². The molecule has 1 aromatic carbocycles. The second-order valence-corrected chi connectivity index (χ2v) is 8.61. The van der Waals surface area contributed by atoms with Crippen molar-refractivity contribution in [2.45, 2.75) is 45.4 Å². The summed E-state index contributed by atoms with van der Waals surface area (Å²) in [5, 5.41) is 8.92. The molecular weight excluding hydrogens is 396 g/mol. The van der Waals surface area contributed by atoms with Crippen LogP contribution in [0.25, 0.3) is 0 Å². The number of nitrogens with two attached hydrogens (primary N) is 1. The zero-order chi connectivity index (χ0) is 22.0. The minimum absolute atomic E-state index is 0.00421. The molecule has 2 aromatic rings. The van der Waals surface area contributed by atoms with Crippen molar-refractivity contribution in [3.63, 3.8) is 0 Å². The van der Waals surface area contributed by atoms with E-state index in [1.54, 1.807) is 11.3 Å². The largest absolute Gasteiger partial charge is 0.448 e. The second kappa shape index (κ2) is 8.35. The van der Waals surface area contributed by atoms with E-state index in [0.717, 1.165) is 29.0 Å². The van der Waals surface area contributed by atoms with Crippen LogP contribution in [0.2, 0.25) is 0 Å². The Labute approximate surface area is 181 Å². The molecule has 1 unspecified atom stereocenters. The van der Waals surface area contributed by atoms with Crippen molar-refractivity contribution in [3.8, 4) is 0 Å². The average molecular weight is 425 g/mol. The number of hydrazine groups is 1. The molecule has 0 aliphatic carbocycles. The molecule has 0 saturated carbocycles. The third-order valence-electron chi connectivity index (χ3n) is 4.90. The average Bonchev–Trinajstić information content (AvgIpc) is 3.36. The molecule has 4 rings (SSSR count). The highest BCUT2D eigenvalue weighted by atomic mass is 16.6. The molecule has 2 aliphatic heterocycles. The topological polar surface area (TPSA) is 108 Å². The van der Waals surface area contributed by atoms with Crippen molar-refractivity contribution in [2.75, 3.05) is 11.6 Å². The summed E-state index contributed by atoms with van der Waals surface area (Å²) in [5.41, 5.74) is 5.87. The summed E-state index contributed by atoms with van der Waals surface area (Å²) >= 11 is 0. The maximum absolute atomic E-state index is 11.8. The zero-order valence-electron chi connectivity index (χ0n) is 18.0. The van der Waals surface area contributed by atoms with Gasteiger partial charge in [0.25, 0.3) is 0 Å². The molecule has 4 N–H and O–H groups in total. The summed E-state index contributed by atoms with van der Waals surface area (Å²) < 4.78 is 10.8. The highest BCUT2D eigenvalue weighted by Crippen LogP contribution is 2.27. The third kappa shape index (κ3) is 5.00. The van der Waals surface area contributed by atoms with Crippen molar-refractivity contribution < 1.29 is 13.9 Å². The number of alkyl carbamates (subject to hydrolysis) is 1. The number of carbonyl (C=O) groups is 1. The SMILES string of the molecule is CC(C)(C)OC(=O)NCc1ccc(CC2NN=C3C2=CN(N)CN3c2ccco2)cc1. The minimum Gasteiger partial charge on any atom is -0.448 e. The maximum atomic E-state index is 11.8. The summed E-state index contributed by atoms with van der Waals surface area (Å²) in [6.45, 7) is 6.40. The summed E-state index contributed by atoms with van der Waals surface area (Å²) in [6, 6.07) is 11.8. The molecule has 0 bridgehead atoms. The van der Waals surface area contributed by atoms with Gasteiger partial charge in [-0.15, -0.1) is 0 Å². The number of hydrogen-bond acceptors (Lipinski definition) is 8. The van der Waals surface area contributed by atoms with Gasteiger partial charge in [-0.1, -0.05) is 24.3 Å². The lowest BCUT2D eigenvalue weighted by Crippen LogP contribution is -2.48. The van der Waals surface area contributed by atoms with Crippen molar-refractivity contribution in [2.24, 2.45) is 10.9 Å². The van der Waals surface area contributed by atoms with Gasteiger partial charge in [0.05, 0.1) is 12.3 Å². The summed E-state index contributed by atoms with van der Waals surface area (Å²) in [7, 11) is 0. The molecule has 1 atom stereocenters. The van der Waals surface area contributed by atoms with Gasteiger partial charge in [-0.2, -0.15) is 5.10 Å². The number of amidine groups is 1. The lowest BCUT2D eigenvalue weighted by molar-refractivity contribution is 0.0523. The van der Waals surface area contributed by atoms with Crippen LogP contribution < -0.4 is 21.5 Å². The maximum Gasteiger partial charge on any atom is 0.407 e.